The number of carbonyl (C=O) groups is 1. The van der Waals surface area contributed by atoms with Crippen molar-refractivity contribution >= 4 is 33.0 Å². The fraction of sp³-hybridized carbons (Fsp3) is 0.350. The van der Waals surface area contributed by atoms with Crippen LogP contribution in [0.25, 0.3) is 0 Å². The number of benzene rings is 2. The van der Waals surface area contributed by atoms with Crippen LogP contribution in [0.2, 0.25) is 0 Å². The van der Waals surface area contributed by atoms with Crippen LogP contribution in [0.1, 0.15) is 26.7 Å². The second-order valence-corrected chi connectivity index (χ2v) is 8.73. The fourth-order valence-electron chi connectivity index (χ4n) is 3.30. The monoisotopic (exact) mass is 387 g/mol. The summed E-state index contributed by atoms with van der Waals surface area (Å²) in [5, 5.41) is 2.61. The molecule has 1 saturated heterocycles. The normalized spacial score (nSPS) is 17.4. The minimum absolute atomic E-state index is 0.144. The molecule has 7 heteroatoms. The summed E-state index contributed by atoms with van der Waals surface area (Å²) < 4.78 is 27.7. The predicted octanol–water partition coefficient (Wildman–Crippen LogP) is 3.68. The Balaban J connectivity index is 1.69. The minimum Gasteiger partial charge on any atom is -0.371 e. The number of anilines is 3. The molecule has 1 aliphatic heterocycles. The molecule has 0 aliphatic carbocycles. The van der Waals surface area contributed by atoms with E-state index in [0.29, 0.717) is 17.3 Å². The van der Waals surface area contributed by atoms with Crippen molar-refractivity contribution in [2.24, 2.45) is 5.92 Å². The van der Waals surface area contributed by atoms with Gasteiger partial charge in [-0.3, -0.25) is 9.52 Å². The molecule has 1 amide bonds. The summed E-state index contributed by atoms with van der Waals surface area (Å²) in [5.41, 5.74) is 2.19. The first kappa shape index (κ1) is 19.2. The van der Waals surface area contributed by atoms with Crippen LogP contribution in [0.3, 0.4) is 0 Å². The number of rotatable bonds is 5. The Labute approximate surface area is 160 Å². The quantitative estimate of drug-likeness (QED) is 0.820. The number of hydrogen-bond donors (Lipinski definition) is 2. The maximum Gasteiger partial charge on any atom is 0.261 e. The highest BCUT2D eigenvalue weighted by atomic mass is 32.2. The molecule has 1 atom stereocenters. The van der Waals surface area contributed by atoms with E-state index in [4.69, 9.17) is 0 Å². The van der Waals surface area contributed by atoms with E-state index in [1.54, 1.807) is 24.3 Å². The van der Waals surface area contributed by atoms with Crippen molar-refractivity contribution in [1.82, 2.24) is 0 Å². The van der Waals surface area contributed by atoms with Crippen molar-refractivity contribution in [3.63, 3.8) is 0 Å². The van der Waals surface area contributed by atoms with Crippen LogP contribution in [0, 0.1) is 5.92 Å². The van der Waals surface area contributed by atoms with Crippen LogP contribution >= 0.6 is 0 Å². The van der Waals surface area contributed by atoms with Crippen molar-refractivity contribution < 1.29 is 13.2 Å². The van der Waals surface area contributed by atoms with Crippen molar-refractivity contribution in [2.45, 2.75) is 31.6 Å². The lowest BCUT2D eigenvalue weighted by Gasteiger charge is -2.32. The molecule has 0 saturated carbocycles. The zero-order valence-electron chi connectivity index (χ0n) is 15.6. The van der Waals surface area contributed by atoms with Gasteiger partial charge in [0.25, 0.3) is 10.0 Å². The third-order valence-electron chi connectivity index (χ3n) is 4.63. The van der Waals surface area contributed by atoms with Crippen molar-refractivity contribution in [3.05, 3.63) is 48.5 Å². The summed E-state index contributed by atoms with van der Waals surface area (Å²) in [4.78, 5) is 13.5. The summed E-state index contributed by atoms with van der Waals surface area (Å²) >= 11 is 0. The number of amides is 1. The lowest BCUT2D eigenvalue weighted by Crippen LogP contribution is -2.34. The molecule has 0 radical (unpaired) electrons. The molecule has 0 bridgehead atoms. The second kappa shape index (κ2) is 8.00. The smallest absolute Gasteiger partial charge is 0.261 e. The molecule has 2 N–H and O–H groups in total. The Bertz CT molecular complexity index is 893. The Morgan fingerprint density at radius 2 is 1.67 bits per heavy atom. The van der Waals surface area contributed by atoms with Gasteiger partial charge >= 0.3 is 0 Å². The van der Waals surface area contributed by atoms with Gasteiger partial charge in [0.05, 0.1) is 4.90 Å². The van der Waals surface area contributed by atoms with E-state index in [0.717, 1.165) is 18.8 Å². The molecular formula is C20H25N3O3S. The number of sulfonamides is 1. The van der Waals surface area contributed by atoms with E-state index in [1.165, 1.54) is 31.9 Å². The molecule has 0 spiro atoms. The number of piperidine rings is 1. The maximum atomic E-state index is 12.6. The van der Waals surface area contributed by atoms with Gasteiger partial charge in [0.2, 0.25) is 5.91 Å². The highest BCUT2D eigenvalue weighted by Crippen LogP contribution is 2.25. The van der Waals surface area contributed by atoms with E-state index in [2.05, 4.69) is 21.9 Å². The topological polar surface area (TPSA) is 78.5 Å². The first-order chi connectivity index (χ1) is 12.8. The molecule has 1 aliphatic rings. The molecule has 3 rings (SSSR count). The molecule has 2 aromatic rings. The molecule has 1 unspecified atom stereocenters. The van der Waals surface area contributed by atoms with Crippen LogP contribution in [0.4, 0.5) is 17.1 Å². The van der Waals surface area contributed by atoms with Crippen LogP contribution < -0.4 is 14.9 Å². The molecule has 27 heavy (non-hydrogen) atoms. The van der Waals surface area contributed by atoms with Crippen LogP contribution in [-0.4, -0.2) is 27.4 Å². The fourth-order valence-corrected chi connectivity index (χ4v) is 4.36. The van der Waals surface area contributed by atoms with Gasteiger partial charge in [0.1, 0.15) is 0 Å². The summed E-state index contributed by atoms with van der Waals surface area (Å²) in [5.74, 6) is 0.476. The average molecular weight is 388 g/mol. The summed E-state index contributed by atoms with van der Waals surface area (Å²) in [7, 11) is -3.68. The Kier molecular flexibility index (Phi) is 5.70. The Morgan fingerprint density at radius 3 is 2.26 bits per heavy atom. The molecule has 6 nitrogen and oxygen atoms in total. The Morgan fingerprint density at radius 1 is 1.04 bits per heavy atom. The molecule has 0 aromatic heterocycles. The zero-order valence-corrected chi connectivity index (χ0v) is 16.4. The number of nitrogens with one attached hydrogen (secondary N) is 2. The van der Waals surface area contributed by atoms with E-state index in [1.807, 2.05) is 12.1 Å². The second-order valence-electron chi connectivity index (χ2n) is 7.05. The van der Waals surface area contributed by atoms with Gasteiger partial charge in [-0.15, -0.1) is 0 Å². The zero-order chi connectivity index (χ0) is 19.4. The van der Waals surface area contributed by atoms with E-state index in [9.17, 15) is 13.2 Å². The van der Waals surface area contributed by atoms with Crippen molar-refractivity contribution in [1.29, 1.82) is 0 Å². The van der Waals surface area contributed by atoms with Crippen LogP contribution in [0.15, 0.2) is 53.4 Å². The first-order valence-electron chi connectivity index (χ1n) is 9.09. The van der Waals surface area contributed by atoms with Gasteiger partial charge < -0.3 is 10.2 Å². The molecule has 2 aromatic carbocycles. The maximum absolute atomic E-state index is 12.6. The van der Waals surface area contributed by atoms with E-state index in [-0.39, 0.29) is 10.8 Å². The minimum atomic E-state index is -3.68. The molecule has 1 fully saturated rings. The number of carbonyl (C=O) groups excluding carboxylic acids is 1. The van der Waals surface area contributed by atoms with Crippen molar-refractivity contribution in [2.75, 3.05) is 28.0 Å². The first-order valence-corrected chi connectivity index (χ1v) is 10.6. The number of hydrogen-bond acceptors (Lipinski definition) is 4. The average Bonchev–Trinajstić information content (AvgIpc) is 2.62. The lowest BCUT2D eigenvalue weighted by atomic mass is 10.00. The van der Waals surface area contributed by atoms with Crippen LogP contribution in [0.5, 0.6) is 0 Å². The third-order valence-corrected chi connectivity index (χ3v) is 6.02. The summed E-state index contributed by atoms with van der Waals surface area (Å²) in [6, 6.07) is 13.6. The van der Waals surface area contributed by atoms with Gasteiger partial charge in [-0.1, -0.05) is 6.92 Å². The van der Waals surface area contributed by atoms with Gasteiger partial charge in [0.15, 0.2) is 0 Å². The molecule has 144 valence electrons. The SMILES string of the molecule is CC(=O)Nc1ccc(S(=O)(=O)Nc2ccc(N3CCCC(C)C3)cc2)cc1. The lowest BCUT2D eigenvalue weighted by molar-refractivity contribution is -0.114. The van der Waals surface area contributed by atoms with Crippen LogP contribution in [-0.2, 0) is 14.8 Å². The third kappa shape index (κ3) is 5.01. The largest absolute Gasteiger partial charge is 0.371 e. The highest BCUT2D eigenvalue weighted by molar-refractivity contribution is 7.92. The van der Waals surface area contributed by atoms with Gasteiger partial charge in [-0.05, 0) is 67.3 Å². The van der Waals surface area contributed by atoms with Gasteiger partial charge in [0, 0.05) is 37.1 Å². The molecular weight excluding hydrogens is 362 g/mol. The van der Waals surface area contributed by atoms with Gasteiger partial charge in [-0.2, -0.15) is 0 Å². The van der Waals surface area contributed by atoms with Gasteiger partial charge in [-0.25, -0.2) is 8.42 Å². The van der Waals surface area contributed by atoms with E-state index < -0.39 is 10.0 Å². The van der Waals surface area contributed by atoms with E-state index >= 15 is 0 Å². The summed E-state index contributed by atoms with van der Waals surface area (Å²) in [6.45, 7) is 5.73. The summed E-state index contributed by atoms with van der Waals surface area (Å²) in [6.07, 6.45) is 2.44. The standard InChI is InChI=1S/C20H25N3O3S/c1-15-4-3-13-23(14-15)19-9-5-18(6-10-19)22-27(25,26)20-11-7-17(8-12-20)21-16(2)24/h5-12,15,22H,3-4,13-14H2,1-2H3,(H,21,24). The Hall–Kier alpha value is -2.54. The molecule has 1 heterocycles. The van der Waals surface area contributed by atoms with Crippen molar-refractivity contribution in [3.8, 4) is 0 Å². The highest BCUT2D eigenvalue weighted by Gasteiger charge is 2.17. The predicted molar refractivity (Wildman–Crippen MR) is 109 cm³/mol. The number of nitrogens with zero attached hydrogens (tertiary/aromatic N) is 1.